The lowest BCUT2D eigenvalue weighted by Gasteiger charge is -2.17. The van der Waals surface area contributed by atoms with Crippen LogP contribution in [0.5, 0.6) is 0 Å². The Labute approximate surface area is 203 Å². The molecule has 0 heterocycles. The van der Waals surface area contributed by atoms with Gasteiger partial charge in [0.2, 0.25) is 5.91 Å². The lowest BCUT2D eigenvalue weighted by Crippen LogP contribution is -2.46. The van der Waals surface area contributed by atoms with E-state index < -0.39 is 24.0 Å². The molecular formula is C25H43N3O4S. The van der Waals surface area contributed by atoms with Crippen molar-refractivity contribution >= 4 is 29.7 Å². The van der Waals surface area contributed by atoms with Crippen molar-refractivity contribution < 1.29 is 19.5 Å². The first kappa shape index (κ1) is 30.8. The predicted molar refractivity (Wildman–Crippen MR) is 139 cm³/mol. The van der Waals surface area contributed by atoms with Gasteiger partial charge in [0, 0.05) is 30.5 Å². The van der Waals surface area contributed by atoms with Crippen molar-refractivity contribution in [3.05, 3.63) is 34.9 Å². The Morgan fingerprint density at radius 1 is 0.939 bits per heavy atom. The standard InChI is InChI=1S/C25H43N3O4S/c1-7-26-25(32)27-21(6)16-23(29)28-22(24(30)31)17-33-15-14-20(5)13-9-12-19(4)11-8-10-18(2)3/h10,12,14,21-22H,7-9,11,13,15-17H2,1-6H3,(H,28,29)(H,30,31)(H2,26,27,32)/b19-12+,20-14+/t21?,22-/m0/s1. The van der Waals surface area contributed by atoms with Crippen molar-refractivity contribution in [2.24, 2.45) is 0 Å². The minimum Gasteiger partial charge on any atom is -0.480 e. The molecule has 0 aromatic carbocycles. The second kappa shape index (κ2) is 18.2. The van der Waals surface area contributed by atoms with Gasteiger partial charge in [0.05, 0.1) is 0 Å². The summed E-state index contributed by atoms with van der Waals surface area (Å²) in [7, 11) is 0. The summed E-state index contributed by atoms with van der Waals surface area (Å²) in [6.45, 7) is 12.5. The molecule has 0 aliphatic rings. The van der Waals surface area contributed by atoms with E-state index in [0.29, 0.717) is 12.3 Å². The zero-order valence-electron chi connectivity index (χ0n) is 21.1. The van der Waals surface area contributed by atoms with E-state index in [2.05, 4.69) is 61.9 Å². The molecule has 2 atom stereocenters. The quantitative estimate of drug-likeness (QED) is 0.187. The van der Waals surface area contributed by atoms with E-state index in [9.17, 15) is 19.5 Å². The van der Waals surface area contributed by atoms with Crippen LogP contribution in [0.4, 0.5) is 4.79 Å². The third kappa shape index (κ3) is 18.0. The number of aliphatic carboxylic acids is 1. The lowest BCUT2D eigenvalue weighted by atomic mass is 10.1. The van der Waals surface area contributed by atoms with Gasteiger partial charge in [-0.05, 0) is 67.2 Å². The molecule has 0 fully saturated rings. The van der Waals surface area contributed by atoms with Gasteiger partial charge in [0.1, 0.15) is 6.04 Å². The van der Waals surface area contributed by atoms with Crippen LogP contribution in [0, 0.1) is 0 Å². The summed E-state index contributed by atoms with van der Waals surface area (Å²) >= 11 is 1.48. The minimum atomic E-state index is -1.06. The third-order valence-electron chi connectivity index (χ3n) is 4.80. The van der Waals surface area contributed by atoms with E-state index in [4.69, 9.17) is 0 Å². The maximum Gasteiger partial charge on any atom is 0.327 e. The van der Waals surface area contributed by atoms with Gasteiger partial charge in [0.15, 0.2) is 0 Å². The fraction of sp³-hybridized carbons (Fsp3) is 0.640. The molecule has 1 unspecified atom stereocenters. The lowest BCUT2D eigenvalue weighted by molar-refractivity contribution is -0.141. The fourth-order valence-corrected chi connectivity index (χ4v) is 3.92. The van der Waals surface area contributed by atoms with Crippen LogP contribution in [0.15, 0.2) is 34.9 Å². The van der Waals surface area contributed by atoms with Gasteiger partial charge in [-0.1, -0.05) is 34.9 Å². The maximum absolute atomic E-state index is 12.1. The van der Waals surface area contributed by atoms with Crippen molar-refractivity contribution in [2.45, 2.75) is 85.7 Å². The summed E-state index contributed by atoms with van der Waals surface area (Å²) < 4.78 is 0. The minimum absolute atomic E-state index is 0.0197. The Morgan fingerprint density at radius 3 is 2.12 bits per heavy atom. The molecule has 7 nitrogen and oxygen atoms in total. The molecule has 3 amide bonds. The number of carbonyl (C=O) groups is 3. The molecule has 0 saturated heterocycles. The number of nitrogens with one attached hydrogen (secondary N) is 3. The molecule has 4 N–H and O–H groups in total. The van der Waals surface area contributed by atoms with Crippen LogP contribution < -0.4 is 16.0 Å². The van der Waals surface area contributed by atoms with Gasteiger partial charge in [-0.3, -0.25) is 4.79 Å². The Morgan fingerprint density at radius 2 is 1.55 bits per heavy atom. The van der Waals surface area contributed by atoms with Crippen LogP contribution in [0.25, 0.3) is 0 Å². The predicted octanol–water partition coefficient (Wildman–Crippen LogP) is 4.81. The summed E-state index contributed by atoms with van der Waals surface area (Å²) in [5, 5.41) is 17.2. The third-order valence-corrected chi connectivity index (χ3v) is 5.77. The summed E-state index contributed by atoms with van der Waals surface area (Å²) in [5.74, 6) is -0.476. The molecular weight excluding hydrogens is 438 g/mol. The van der Waals surface area contributed by atoms with Gasteiger partial charge in [-0.2, -0.15) is 11.8 Å². The van der Waals surface area contributed by atoms with E-state index in [-0.39, 0.29) is 18.2 Å². The molecule has 0 aromatic rings. The highest BCUT2D eigenvalue weighted by molar-refractivity contribution is 7.99. The molecule has 188 valence electrons. The number of thioether (sulfide) groups is 1. The highest BCUT2D eigenvalue weighted by Gasteiger charge is 2.21. The zero-order chi connectivity index (χ0) is 25.2. The first-order valence-electron chi connectivity index (χ1n) is 11.6. The Balaban J connectivity index is 4.32. The molecule has 0 aliphatic carbocycles. The first-order valence-corrected chi connectivity index (χ1v) is 12.8. The highest BCUT2D eigenvalue weighted by atomic mass is 32.2. The van der Waals surface area contributed by atoms with Crippen molar-refractivity contribution in [3.63, 3.8) is 0 Å². The SMILES string of the molecule is CCNC(=O)NC(C)CC(=O)N[C@@H](CSC/C=C(\C)CC/C=C(\C)CCC=C(C)C)C(=O)O. The monoisotopic (exact) mass is 481 g/mol. The second-order valence-corrected chi connectivity index (χ2v) is 9.64. The van der Waals surface area contributed by atoms with Gasteiger partial charge in [-0.15, -0.1) is 0 Å². The van der Waals surface area contributed by atoms with E-state index in [1.54, 1.807) is 13.8 Å². The number of hydrogen-bond acceptors (Lipinski definition) is 4. The second-order valence-electron chi connectivity index (χ2n) is 8.56. The number of amides is 3. The molecule has 0 spiro atoms. The van der Waals surface area contributed by atoms with Gasteiger partial charge in [0.25, 0.3) is 0 Å². The molecule has 0 radical (unpaired) electrons. The number of urea groups is 1. The molecule has 8 heteroatoms. The van der Waals surface area contributed by atoms with Crippen molar-refractivity contribution in [1.82, 2.24) is 16.0 Å². The van der Waals surface area contributed by atoms with Crippen LogP contribution in [-0.4, -0.2) is 53.1 Å². The zero-order valence-corrected chi connectivity index (χ0v) is 21.9. The van der Waals surface area contributed by atoms with Crippen molar-refractivity contribution in [3.8, 4) is 0 Å². The number of carbonyl (C=O) groups excluding carboxylic acids is 2. The van der Waals surface area contributed by atoms with E-state index >= 15 is 0 Å². The molecule has 0 aromatic heterocycles. The van der Waals surface area contributed by atoms with Crippen LogP contribution in [0.1, 0.15) is 73.6 Å². The van der Waals surface area contributed by atoms with Crippen molar-refractivity contribution in [2.75, 3.05) is 18.1 Å². The fourth-order valence-electron chi connectivity index (χ4n) is 2.92. The molecule has 0 bridgehead atoms. The van der Waals surface area contributed by atoms with E-state index in [1.165, 1.54) is 28.5 Å². The van der Waals surface area contributed by atoms with Crippen molar-refractivity contribution in [1.29, 1.82) is 0 Å². The highest BCUT2D eigenvalue weighted by Crippen LogP contribution is 2.13. The number of allylic oxidation sites excluding steroid dienone is 5. The van der Waals surface area contributed by atoms with Crippen LogP contribution >= 0.6 is 11.8 Å². The van der Waals surface area contributed by atoms with Gasteiger partial charge >= 0.3 is 12.0 Å². The number of carboxylic acid groups (broad SMARTS) is 1. The van der Waals surface area contributed by atoms with E-state index in [0.717, 1.165) is 25.7 Å². The Bertz CT molecular complexity index is 712. The average molecular weight is 482 g/mol. The normalized spacial score (nSPS) is 13.6. The van der Waals surface area contributed by atoms with Crippen LogP contribution in [-0.2, 0) is 9.59 Å². The topological polar surface area (TPSA) is 108 Å². The van der Waals surface area contributed by atoms with Crippen LogP contribution in [0.3, 0.4) is 0 Å². The summed E-state index contributed by atoms with van der Waals surface area (Å²) in [5.41, 5.74) is 4.04. The molecule has 0 aliphatic heterocycles. The maximum atomic E-state index is 12.1. The number of hydrogen-bond donors (Lipinski definition) is 4. The van der Waals surface area contributed by atoms with E-state index in [1.807, 2.05) is 0 Å². The van der Waals surface area contributed by atoms with Crippen LogP contribution in [0.2, 0.25) is 0 Å². The molecule has 0 rings (SSSR count). The largest absolute Gasteiger partial charge is 0.480 e. The molecule has 0 saturated carbocycles. The summed E-state index contributed by atoms with van der Waals surface area (Å²) in [6, 6.07) is -1.70. The Kier molecular flexibility index (Phi) is 17.0. The Hall–Kier alpha value is -2.22. The first-order chi connectivity index (χ1) is 15.5. The number of rotatable bonds is 16. The molecule has 33 heavy (non-hydrogen) atoms. The van der Waals surface area contributed by atoms with Gasteiger partial charge < -0.3 is 21.1 Å². The summed E-state index contributed by atoms with van der Waals surface area (Å²) in [4.78, 5) is 35.1. The summed E-state index contributed by atoms with van der Waals surface area (Å²) in [6.07, 6.45) is 10.9. The smallest absolute Gasteiger partial charge is 0.327 e. The average Bonchev–Trinajstić information content (AvgIpc) is 2.69. The number of carboxylic acids is 1. The van der Waals surface area contributed by atoms with Gasteiger partial charge in [-0.25, -0.2) is 9.59 Å².